The Hall–Kier alpha value is -1.35. The van der Waals surface area contributed by atoms with Crippen LogP contribution >= 0.6 is 0 Å². The van der Waals surface area contributed by atoms with Crippen molar-refractivity contribution in [3.8, 4) is 0 Å². The summed E-state index contributed by atoms with van der Waals surface area (Å²) in [7, 11) is 0. The fourth-order valence-electron chi connectivity index (χ4n) is 1.77. The summed E-state index contributed by atoms with van der Waals surface area (Å²) in [6.45, 7) is 3.94. The summed E-state index contributed by atoms with van der Waals surface area (Å²) < 4.78 is 0. The number of aryl methyl sites for hydroxylation is 1. The third-order valence-corrected chi connectivity index (χ3v) is 2.63. The Morgan fingerprint density at radius 3 is 2.67 bits per heavy atom. The van der Waals surface area contributed by atoms with Gasteiger partial charge in [-0.25, -0.2) is 0 Å². The van der Waals surface area contributed by atoms with E-state index in [0.717, 1.165) is 17.5 Å². The van der Waals surface area contributed by atoms with Gasteiger partial charge in [-0.2, -0.15) is 0 Å². The highest BCUT2D eigenvalue weighted by Crippen LogP contribution is 2.23. The lowest BCUT2D eigenvalue weighted by Gasteiger charge is -2.19. The van der Waals surface area contributed by atoms with E-state index in [1.165, 1.54) is 0 Å². The molecule has 0 amide bonds. The van der Waals surface area contributed by atoms with Crippen molar-refractivity contribution in [2.75, 3.05) is 0 Å². The smallest absolute Gasteiger partial charge is 0.321 e. The Morgan fingerprint density at radius 2 is 2.20 bits per heavy atom. The van der Waals surface area contributed by atoms with E-state index >= 15 is 0 Å². The molecule has 0 saturated heterocycles. The van der Waals surface area contributed by atoms with Gasteiger partial charge in [-0.05, 0) is 18.9 Å². The van der Waals surface area contributed by atoms with Crippen molar-refractivity contribution < 1.29 is 9.90 Å². The summed E-state index contributed by atoms with van der Waals surface area (Å²) in [6, 6.07) is 7.03. The molecule has 2 unspecified atom stereocenters. The minimum absolute atomic E-state index is 0.109. The molecule has 0 aliphatic carbocycles. The van der Waals surface area contributed by atoms with Crippen molar-refractivity contribution in [3.05, 3.63) is 35.4 Å². The first-order chi connectivity index (χ1) is 7.06. The lowest BCUT2D eigenvalue weighted by atomic mass is 9.89. The second-order valence-corrected chi connectivity index (χ2v) is 3.79. The fourth-order valence-corrected chi connectivity index (χ4v) is 1.77. The summed E-state index contributed by atoms with van der Waals surface area (Å²) in [6.07, 6.45) is 0.733. The predicted octanol–water partition coefficient (Wildman–Crippen LogP) is 1.90. The van der Waals surface area contributed by atoms with Crippen LogP contribution in [0.4, 0.5) is 0 Å². The highest BCUT2D eigenvalue weighted by molar-refractivity contribution is 5.74. The second kappa shape index (κ2) is 4.94. The lowest BCUT2D eigenvalue weighted by Crippen LogP contribution is -2.36. The highest BCUT2D eigenvalue weighted by Gasteiger charge is 2.23. The van der Waals surface area contributed by atoms with Crippen LogP contribution in [0.3, 0.4) is 0 Å². The van der Waals surface area contributed by atoms with Gasteiger partial charge in [0.15, 0.2) is 0 Å². The summed E-state index contributed by atoms with van der Waals surface area (Å²) in [4.78, 5) is 10.8. The van der Waals surface area contributed by atoms with Crippen LogP contribution in [0, 0.1) is 6.92 Å². The molecule has 1 aromatic rings. The number of hydrogen-bond acceptors (Lipinski definition) is 2. The molecule has 3 heteroatoms. The van der Waals surface area contributed by atoms with Gasteiger partial charge in [-0.1, -0.05) is 36.8 Å². The Bertz CT molecular complexity index is 349. The van der Waals surface area contributed by atoms with Crippen molar-refractivity contribution >= 4 is 5.97 Å². The molecular formula is C12H17NO2. The normalized spacial score (nSPS) is 14.6. The minimum Gasteiger partial charge on any atom is -0.480 e. The molecule has 0 aliphatic heterocycles. The maximum Gasteiger partial charge on any atom is 0.321 e. The number of nitrogens with two attached hydrogens (primary N) is 1. The Morgan fingerprint density at radius 1 is 1.53 bits per heavy atom. The first kappa shape index (κ1) is 11.7. The number of rotatable bonds is 4. The van der Waals surface area contributed by atoms with Gasteiger partial charge in [0.25, 0.3) is 0 Å². The van der Waals surface area contributed by atoms with Gasteiger partial charge >= 0.3 is 5.97 Å². The average Bonchev–Trinajstić information content (AvgIpc) is 2.18. The van der Waals surface area contributed by atoms with Gasteiger partial charge in [-0.3, -0.25) is 4.79 Å². The molecule has 0 spiro atoms. The first-order valence-electron chi connectivity index (χ1n) is 5.11. The molecule has 0 bridgehead atoms. The monoisotopic (exact) mass is 207 g/mol. The standard InChI is InChI=1S/C12H17NO2/c1-3-10(11(13)12(14)15)9-6-4-5-8(2)7-9/h4-7,10-11H,3,13H2,1-2H3,(H,14,15). The zero-order chi connectivity index (χ0) is 11.4. The van der Waals surface area contributed by atoms with Crippen LogP contribution in [-0.2, 0) is 4.79 Å². The van der Waals surface area contributed by atoms with Crippen LogP contribution in [0.25, 0.3) is 0 Å². The molecule has 1 aromatic carbocycles. The minimum atomic E-state index is -0.941. The van der Waals surface area contributed by atoms with Crippen LogP contribution in [0.15, 0.2) is 24.3 Å². The summed E-state index contributed by atoms with van der Waals surface area (Å²) in [5.41, 5.74) is 7.79. The number of benzene rings is 1. The molecular weight excluding hydrogens is 190 g/mol. The maximum atomic E-state index is 10.8. The quantitative estimate of drug-likeness (QED) is 0.792. The van der Waals surface area contributed by atoms with E-state index in [2.05, 4.69) is 0 Å². The number of carbonyl (C=O) groups is 1. The van der Waals surface area contributed by atoms with E-state index < -0.39 is 12.0 Å². The van der Waals surface area contributed by atoms with E-state index in [9.17, 15) is 4.79 Å². The Labute approximate surface area is 89.9 Å². The second-order valence-electron chi connectivity index (χ2n) is 3.79. The van der Waals surface area contributed by atoms with Crippen molar-refractivity contribution in [1.29, 1.82) is 0 Å². The molecule has 0 aliphatic rings. The topological polar surface area (TPSA) is 63.3 Å². The van der Waals surface area contributed by atoms with Crippen LogP contribution in [0.2, 0.25) is 0 Å². The molecule has 15 heavy (non-hydrogen) atoms. The number of aliphatic carboxylic acids is 1. The lowest BCUT2D eigenvalue weighted by molar-refractivity contribution is -0.139. The average molecular weight is 207 g/mol. The molecule has 3 nitrogen and oxygen atoms in total. The van der Waals surface area contributed by atoms with Crippen molar-refractivity contribution in [2.45, 2.75) is 32.2 Å². The molecule has 0 heterocycles. The molecule has 2 atom stereocenters. The Kier molecular flexibility index (Phi) is 3.86. The van der Waals surface area contributed by atoms with Crippen molar-refractivity contribution in [2.24, 2.45) is 5.73 Å². The molecule has 82 valence electrons. The van der Waals surface area contributed by atoms with Gasteiger partial charge in [0.1, 0.15) is 6.04 Å². The van der Waals surface area contributed by atoms with E-state index in [0.29, 0.717) is 0 Å². The van der Waals surface area contributed by atoms with Gasteiger partial charge in [0.2, 0.25) is 0 Å². The SMILES string of the molecule is CCC(c1cccc(C)c1)C(N)C(=O)O. The zero-order valence-corrected chi connectivity index (χ0v) is 9.10. The fraction of sp³-hybridized carbons (Fsp3) is 0.417. The van der Waals surface area contributed by atoms with E-state index in [1.807, 2.05) is 38.1 Å². The molecule has 0 saturated carbocycles. The molecule has 0 radical (unpaired) electrons. The third-order valence-electron chi connectivity index (χ3n) is 2.63. The van der Waals surface area contributed by atoms with E-state index in [1.54, 1.807) is 0 Å². The molecule has 0 aromatic heterocycles. The van der Waals surface area contributed by atoms with E-state index in [4.69, 9.17) is 10.8 Å². The maximum absolute atomic E-state index is 10.8. The Balaban J connectivity index is 2.97. The summed E-state index contributed by atoms with van der Waals surface area (Å²) >= 11 is 0. The summed E-state index contributed by atoms with van der Waals surface area (Å²) in [5, 5.41) is 8.89. The van der Waals surface area contributed by atoms with Crippen LogP contribution in [-0.4, -0.2) is 17.1 Å². The van der Waals surface area contributed by atoms with Crippen molar-refractivity contribution in [1.82, 2.24) is 0 Å². The van der Waals surface area contributed by atoms with Gasteiger partial charge in [-0.15, -0.1) is 0 Å². The summed E-state index contributed by atoms with van der Waals surface area (Å²) in [5.74, 6) is -1.05. The van der Waals surface area contributed by atoms with Gasteiger partial charge in [0.05, 0.1) is 0 Å². The van der Waals surface area contributed by atoms with Crippen molar-refractivity contribution in [3.63, 3.8) is 0 Å². The van der Waals surface area contributed by atoms with Gasteiger partial charge in [0, 0.05) is 5.92 Å². The molecule has 3 N–H and O–H groups in total. The molecule has 0 fully saturated rings. The van der Waals surface area contributed by atoms with Gasteiger partial charge < -0.3 is 10.8 Å². The van der Waals surface area contributed by atoms with E-state index in [-0.39, 0.29) is 5.92 Å². The number of hydrogen-bond donors (Lipinski definition) is 2. The van der Waals surface area contributed by atoms with Crippen LogP contribution < -0.4 is 5.73 Å². The third kappa shape index (κ3) is 2.80. The predicted molar refractivity (Wildman–Crippen MR) is 59.8 cm³/mol. The highest BCUT2D eigenvalue weighted by atomic mass is 16.4. The van der Waals surface area contributed by atoms with Crippen LogP contribution in [0.1, 0.15) is 30.4 Å². The number of carboxylic acids is 1. The number of carboxylic acid groups (broad SMARTS) is 1. The largest absolute Gasteiger partial charge is 0.480 e. The molecule has 1 rings (SSSR count). The zero-order valence-electron chi connectivity index (χ0n) is 9.10. The van der Waals surface area contributed by atoms with Crippen LogP contribution in [0.5, 0.6) is 0 Å². The first-order valence-corrected chi connectivity index (χ1v) is 5.11.